The normalized spacial score (nSPS) is 18.5. The van der Waals surface area contributed by atoms with E-state index in [0.29, 0.717) is 6.04 Å². The maximum Gasteiger partial charge on any atom is 0.298 e. The van der Waals surface area contributed by atoms with E-state index in [1.807, 2.05) is 24.3 Å². The Morgan fingerprint density at radius 3 is 2.76 bits per heavy atom. The van der Waals surface area contributed by atoms with E-state index in [4.69, 9.17) is 4.42 Å². The molecule has 3 aromatic rings. The van der Waals surface area contributed by atoms with E-state index in [9.17, 15) is 0 Å². The summed E-state index contributed by atoms with van der Waals surface area (Å²) in [6, 6.07) is 17.7. The van der Waals surface area contributed by atoms with Crippen LogP contribution in [0.15, 0.2) is 52.9 Å². The topological polar surface area (TPSA) is 29.3 Å². The molecule has 2 heterocycles. The molecule has 1 aliphatic heterocycles. The van der Waals surface area contributed by atoms with Gasteiger partial charge in [0.2, 0.25) is 0 Å². The van der Waals surface area contributed by atoms with Crippen LogP contribution in [0.4, 0.5) is 6.01 Å². The Morgan fingerprint density at radius 1 is 1.10 bits per heavy atom. The predicted octanol–water partition coefficient (Wildman–Crippen LogP) is 4.48. The summed E-state index contributed by atoms with van der Waals surface area (Å²) in [5.74, 6) is 0. The van der Waals surface area contributed by atoms with Crippen LogP contribution < -0.4 is 4.90 Å². The van der Waals surface area contributed by atoms with Gasteiger partial charge in [0.1, 0.15) is 5.52 Å². The molecule has 106 valence electrons. The van der Waals surface area contributed by atoms with Crippen LogP contribution in [-0.4, -0.2) is 11.5 Å². The molecule has 1 aromatic heterocycles. The molecule has 3 heteroatoms. The lowest BCUT2D eigenvalue weighted by atomic mass is 10.00. The minimum Gasteiger partial charge on any atom is -0.423 e. The number of nitrogens with zero attached hydrogens (tertiary/aromatic N) is 2. The van der Waals surface area contributed by atoms with Crippen molar-refractivity contribution in [2.24, 2.45) is 0 Å². The van der Waals surface area contributed by atoms with Gasteiger partial charge in [-0.2, -0.15) is 4.98 Å². The molecule has 0 aliphatic carbocycles. The predicted molar refractivity (Wildman–Crippen MR) is 84.5 cm³/mol. The Hall–Kier alpha value is -2.29. The fourth-order valence-corrected chi connectivity index (χ4v) is 3.26. The van der Waals surface area contributed by atoms with E-state index in [0.717, 1.165) is 30.1 Å². The van der Waals surface area contributed by atoms with E-state index >= 15 is 0 Å². The zero-order chi connectivity index (χ0) is 14.2. The summed E-state index contributed by atoms with van der Waals surface area (Å²) in [6.45, 7) is 3.18. The summed E-state index contributed by atoms with van der Waals surface area (Å²) < 4.78 is 5.96. The molecule has 1 saturated heterocycles. The number of hydrogen-bond acceptors (Lipinski definition) is 3. The maximum absolute atomic E-state index is 5.96. The number of rotatable bonds is 2. The number of oxazole rings is 1. The molecule has 1 aliphatic rings. The van der Waals surface area contributed by atoms with Gasteiger partial charge in [-0.1, -0.05) is 36.4 Å². The van der Waals surface area contributed by atoms with Crippen molar-refractivity contribution in [3.63, 3.8) is 0 Å². The average Bonchev–Trinajstić information content (AvgIpc) is 3.13. The third-order valence-electron chi connectivity index (χ3n) is 4.33. The van der Waals surface area contributed by atoms with Crippen LogP contribution in [0.1, 0.15) is 30.0 Å². The molecular formula is C18H18N2O. The summed E-state index contributed by atoms with van der Waals surface area (Å²) in [6.07, 6.45) is 2.33. The third-order valence-corrected chi connectivity index (χ3v) is 4.33. The molecule has 0 saturated carbocycles. The standard InChI is InChI=1S/C18H18N2O/c1-13-7-2-3-8-14(13)16-10-6-12-20(16)18-19-15-9-4-5-11-17(15)21-18/h2-5,7-9,11,16H,6,10,12H2,1H3. The highest BCUT2D eigenvalue weighted by Crippen LogP contribution is 2.37. The second-order valence-corrected chi connectivity index (χ2v) is 5.67. The Kier molecular flexibility index (Phi) is 2.92. The van der Waals surface area contributed by atoms with Gasteiger partial charge in [0.05, 0.1) is 6.04 Å². The number of hydrogen-bond donors (Lipinski definition) is 0. The lowest BCUT2D eigenvalue weighted by molar-refractivity contribution is 0.556. The molecule has 21 heavy (non-hydrogen) atoms. The van der Waals surface area contributed by atoms with Gasteiger partial charge in [-0.05, 0) is 43.0 Å². The lowest BCUT2D eigenvalue weighted by Crippen LogP contribution is -2.23. The van der Waals surface area contributed by atoms with Crippen molar-refractivity contribution in [1.82, 2.24) is 4.98 Å². The molecule has 4 rings (SSSR count). The molecule has 1 unspecified atom stereocenters. The van der Waals surface area contributed by atoms with Gasteiger partial charge >= 0.3 is 0 Å². The minimum absolute atomic E-state index is 0.374. The van der Waals surface area contributed by atoms with Crippen molar-refractivity contribution in [1.29, 1.82) is 0 Å². The quantitative estimate of drug-likeness (QED) is 0.692. The van der Waals surface area contributed by atoms with Crippen LogP contribution in [0, 0.1) is 6.92 Å². The highest BCUT2D eigenvalue weighted by molar-refractivity contribution is 5.74. The molecule has 0 bridgehead atoms. The minimum atomic E-state index is 0.374. The molecule has 3 nitrogen and oxygen atoms in total. The van der Waals surface area contributed by atoms with E-state index in [2.05, 4.69) is 41.1 Å². The smallest absolute Gasteiger partial charge is 0.298 e. The highest BCUT2D eigenvalue weighted by atomic mass is 16.4. The highest BCUT2D eigenvalue weighted by Gasteiger charge is 2.30. The zero-order valence-electron chi connectivity index (χ0n) is 12.1. The fraction of sp³-hybridized carbons (Fsp3) is 0.278. The van der Waals surface area contributed by atoms with Gasteiger partial charge in [0.15, 0.2) is 5.58 Å². The summed E-state index contributed by atoms with van der Waals surface area (Å²) in [5, 5.41) is 0. The zero-order valence-corrected chi connectivity index (χ0v) is 12.1. The van der Waals surface area contributed by atoms with Gasteiger partial charge in [0.25, 0.3) is 6.01 Å². The van der Waals surface area contributed by atoms with E-state index < -0.39 is 0 Å². The van der Waals surface area contributed by atoms with Crippen molar-refractivity contribution in [3.8, 4) is 0 Å². The third kappa shape index (κ3) is 2.09. The van der Waals surface area contributed by atoms with Gasteiger partial charge in [-0.3, -0.25) is 0 Å². The van der Waals surface area contributed by atoms with Crippen molar-refractivity contribution in [2.75, 3.05) is 11.4 Å². The number of para-hydroxylation sites is 2. The van der Waals surface area contributed by atoms with E-state index in [1.54, 1.807) is 0 Å². The molecule has 0 spiro atoms. The van der Waals surface area contributed by atoms with Crippen LogP contribution in [0.2, 0.25) is 0 Å². The van der Waals surface area contributed by atoms with E-state index in [1.165, 1.54) is 17.5 Å². The Balaban J connectivity index is 1.75. The van der Waals surface area contributed by atoms with Crippen LogP contribution in [0.5, 0.6) is 0 Å². The molecule has 1 fully saturated rings. The first-order valence-electron chi connectivity index (χ1n) is 7.51. The number of anilines is 1. The number of aromatic nitrogens is 1. The van der Waals surface area contributed by atoms with Crippen molar-refractivity contribution in [2.45, 2.75) is 25.8 Å². The molecule has 2 aromatic carbocycles. The fourth-order valence-electron chi connectivity index (χ4n) is 3.26. The second-order valence-electron chi connectivity index (χ2n) is 5.67. The van der Waals surface area contributed by atoms with Crippen molar-refractivity contribution in [3.05, 3.63) is 59.7 Å². The number of benzene rings is 2. The van der Waals surface area contributed by atoms with Gasteiger partial charge in [0, 0.05) is 6.54 Å². The molecule has 1 atom stereocenters. The van der Waals surface area contributed by atoms with E-state index in [-0.39, 0.29) is 0 Å². The Labute approximate surface area is 124 Å². The maximum atomic E-state index is 5.96. The summed E-state index contributed by atoms with van der Waals surface area (Å²) in [5.41, 5.74) is 4.52. The number of aryl methyl sites for hydroxylation is 1. The largest absolute Gasteiger partial charge is 0.423 e. The van der Waals surface area contributed by atoms with Crippen molar-refractivity contribution >= 4 is 17.1 Å². The number of fused-ring (bicyclic) bond motifs is 1. The molecule has 0 amide bonds. The molecular weight excluding hydrogens is 260 g/mol. The van der Waals surface area contributed by atoms with Crippen LogP contribution in [0.3, 0.4) is 0 Å². The van der Waals surface area contributed by atoms with Gasteiger partial charge in [-0.15, -0.1) is 0 Å². The average molecular weight is 278 g/mol. The molecule has 0 N–H and O–H groups in total. The van der Waals surface area contributed by atoms with Crippen molar-refractivity contribution < 1.29 is 4.42 Å². The summed E-state index contributed by atoms with van der Waals surface area (Å²) >= 11 is 0. The van der Waals surface area contributed by atoms with Crippen LogP contribution in [0.25, 0.3) is 11.1 Å². The summed E-state index contributed by atoms with van der Waals surface area (Å²) in [4.78, 5) is 6.97. The first-order valence-corrected chi connectivity index (χ1v) is 7.51. The summed E-state index contributed by atoms with van der Waals surface area (Å²) in [7, 11) is 0. The Bertz CT molecular complexity index is 744. The SMILES string of the molecule is Cc1ccccc1C1CCCN1c1nc2ccccc2o1. The second kappa shape index (κ2) is 4.92. The van der Waals surface area contributed by atoms with Crippen LogP contribution >= 0.6 is 0 Å². The first-order chi connectivity index (χ1) is 10.3. The molecule has 0 radical (unpaired) electrons. The van der Waals surface area contributed by atoms with Crippen LogP contribution in [-0.2, 0) is 0 Å². The van der Waals surface area contributed by atoms with Gasteiger partial charge in [-0.25, -0.2) is 0 Å². The van der Waals surface area contributed by atoms with Gasteiger partial charge < -0.3 is 9.32 Å². The first kappa shape index (κ1) is 12.5. The monoisotopic (exact) mass is 278 g/mol. The lowest BCUT2D eigenvalue weighted by Gasteiger charge is -2.24. The Morgan fingerprint density at radius 2 is 1.90 bits per heavy atom.